The van der Waals surface area contributed by atoms with Gasteiger partial charge in [-0.2, -0.15) is 0 Å². The van der Waals surface area contributed by atoms with Crippen LogP contribution in [0.5, 0.6) is 0 Å². The molecule has 18 heavy (non-hydrogen) atoms. The Hall–Kier alpha value is -1.37. The zero-order valence-corrected chi connectivity index (χ0v) is 11.4. The second-order valence-corrected chi connectivity index (χ2v) is 4.82. The largest absolute Gasteiger partial charge is 0.481 e. The fourth-order valence-electron chi connectivity index (χ4n) is 1.50. The van der Waals surface area contributed by atoms with E-state index in [2.05, 4.69) is 5.92 Å². The molecule has 1 rings (SSSR count). The molecule has 0 spiro atoms. The Morgan fingerprint density at radius 1 is 1.44 bits per heavy atom. The molecule has 0 bridgehead atoms. The predicted octanol–water partition coefficient (Wildman–Crippen LogP) is 3.15. The molecule has 0 fully saturated rings. The molecule has 0 heterocycles. The van der Waals surface area contributed by atoms with E-state index in [0.717, 1.165) is 5.69 Å². The van der Waals surface area contributed by atoms with Crippen LogP contribution in [-0.4, -0.2) is 24.2 Å². The molecule has 0 aromatic heterocycles. The van der Waals surface area contributed by atoms with E-state index in [9.17, 15) is 4.79 Å². The van der Waals surface area contributed by atoms with Crippen molar-refractivity contribution in [3.8, 4) is 12.3 Å². The summed E-state index contributed by atoms with van der Waals surface area (Å²) in [6.45, 7) is 2.22. The first-order chi connectivity index (χ1) is 8.43. The van der Waals surface area contributed by atoms with Gasteiger partial charge in [-0.3, -0.25) is 4.79 Å². The summed E-state index contributed by atoms with van der Waals surface area (Å²) < 4.78 is 0. The molecule has 0 aliphatic heterocycles. The van der Waals surface area contributed by atoms with Crippen LogP contribution in [0, 0.1) is 18.3 Å². The van der Waals surface area contributed by atoms with Gasteiger partial charge in [-0.15, -0.1) is 6.42 Å². The number of carbonyl (C=O) groups is 1. The van der Waals surface area contributed by atoms with Crippen molar-refractivity contribution in [2.45, 2.75) is 6.92 Å². The highest BCUT2D eigenvalue weighted by atomic mass is 35.5. The average Bonchev–Trinajstić information content (AvgIpc) is 2.26. The third kappa shape index (κ3) is 4.14. The van der Waals surface area contributed by atoms with Crippen LogP contribution in [0.4, 0.5) is 5.69 Å². The SMILES string of the molecule is C#CCN(CC(C)C(=O)O)c1cc(Cl)cc(Cl)c1. The number of benzene rings is 1. The van der Waals surface area contributed by atoms with Gasteiger partial charge in [-0.05, 0) is 18.2 Å². The molecule has 0 radical (unpaired) electrons. The van der Waals surface area contributed by atoms with E-state index in [-0.39, 0.29) is 0 Å². The molecule has 1 aromatic rings. The van der Waals surface area contributed by atoms with Crippen LogP contribution in [0.3, 0.4) is 0 Å². The lowest BCUT2D eigenvalue weighted by molar-refractivity contribution is -0.140. The van der Waals surface area contributed by atoms with E-state index in [4.69, 9.17) is 34.7 Å². The van der Waals surface area contributed by atoms with Crippen LogP contribution >= 0.6 is 23.2 Å². The van der Waals surface area contributed by atoms with Crippen LogP contribution in [0.1, 0.15) is 6.92 Å². The van der Waals surface area contributed by atoms with Crippen LogP contribution in [0.15, 0.2) is 18.2 Å². The highest BCUT2D eigenvalue weighted by molar-refractivity contribution is 6.35. The van der Waals surface area contributed by atoms with Gasteiger partial charge in [0.2, 0.25) is 0 Å². The number of halogens is 2. The Kier molecular flexibility index (Phi) is 5.33. The molecule has 96 valence electrons. The van der Waals surface area contributed by atoms with Crippen molar-refractivity contribution >= 4 is 34.9 Å². The number of nitrogens with zero attached hydrogens (tertiary/aromatic N) is 1. The van der Waals surface area contributed by atoms with E-state index in [0.29, 0.717) is 23.1 Å². The molecule has 1 N–H and O–H groups in total. The van der Waals surface area contributed by atoms with Gasteiger partial charge >= 0.3 is 5.97 Å². The molecule has 1 unspecified atom stereocenters. The monoisotopic (exact) mass is 285 g/mol. The molecule has 0 saturated carbocycles. The van der Waals surface area contributed by atoms with Crippen LogP contribution in [-0.2, 0) is 4.79 Å². The number of aliphatic carboxylic acids is 1. The highest BCUT2D eigenvalue weighted by Crippen LogP contribution is 2.25. The molecule has 1 atom stereocenters. The molecule has 1 aromatic carbocycles. The fourth-order valence-corrected chi connectivity index (χ4v) is 2.02. The summed E-state index contributed by atoms with van der Waals surface area (Å²) in [5.41, 5.74) is 0.721. The topological polar surface area (TPSA) is 40.5 Å². The first-order valence-corrected chi connectivity index (χ1v) is 6.07. The lowest BCUT2D eigenvalue weighted by Gasteiger charge is -2.24. The molecule has 5 heteroatoms. The standard InChI is InChI=1S/C13H13Cl2NO2/c1-3-4-16(8-9(2)13(17)18)12-6-10(14)5-11(15)7-12/h1,5-7,9H,4,8H2,2H3,(H,17,18). The molecular formula is C13H13Cl2NO2. The maximum atomic E-state index is 10.9. The number of hydrogen-bond acceptors (Lipinski definition) is 2. The molecule has 0 amide bonds. The van der Waals surface area contributed by atoms with Crippen LogP contribution in [0.2, 0.25) is 10.0 Å². The van der Waals surface area contributed by atoms with E-state index in [1.807, 2.05) is 0 Å². The van der Waals surface area contributed by atoms with Gasteiger partial charge in [0.1, 0.15) is 0 Å². The average molecular weight is 286 g/mol. The summed E-state index contributed by atoms with van der Waals surface area (Å²) in [4.78, 5) is 12.6. The molecule has 0 saturated heterocycles. The number of rotatable bonds is 5. The summed E-state index contributed by atoms with van der Waals surface area (Å²) in [6, 6.07) is 5.03. The Morgan fingerprint density at radius 3 is 2.44 bits per heavy atom. The molecule has 3 nitrogen and oxygen atoms in total. The minimum Gasteiger partial charge on any atom is -0.481 e. The van der Waals surface area contributed by atoms with Crippen molar-refractivity contribution in [3.05, 3.63) is 28.2 Å². The number of anilines is 1. The Bertz CT molecular complexity index is 462. The molecule has 0 aliphatic rings. The first kappa shape index (κ1) is 14.7. The minimum absolute atomic E-state index is 0.300. The van der Waals surface area contributed by atoms with Gasteiger partial charge in [-0.25, -0.2) is 0 Å². The molecule has 0 aliphatic carbocycles. The number of terminal acetylenes is 1. The Morgan fingerprint density at radius 2 is 2.00 bits per heavy atom. The van der Waals surface area contributed by atoms with Crippen LogP contribution < -0.4 is 4.90 Å². The highest BCUT2D eigenvalue weighted by Gasteiger charge is 2.16. The lowest BCUT2D eigenvalue weighted by Crippen LogP contribution is -2.32. The van der Waals surface area contributed by atoms with Crippen molar-refractivity contribution in [1.29, 1.82) is 0 Å². The summed E-state index contributed by atoms with van der Waals surface area (Å²) in [6.07, 6.45) is 5.29. The van der Waals surface area contributed by atoms with Crippen molar-refractivity contribution in [2.75, 3.05) is 18.0 Å². The molecular weight excluding hydrogens is 273 g/mol. The zero-order chi connectivity index (χ0) is 13.7. The summed E-state index contributed by atoms with van der Waals surface area (Å²) in [5, 5.41) is 9.90. The quantitative estimate of drug-likeness (QED) is 0.845. The van der Waals surface area contributed by atoms with E-state index in [1.165, 1.54) is 0 Å². The maximum Gasteiger partial charge on any atom is 0.308 e. The van der Waals surface area contributed by atoms with Crippen LogP contribution in [0.25, 0.3) is 0 Å². The second kappa shape index (κ2) is 6.53. The number of hydrogen-bond donors (Lipinski definition) is 1. The Balaban J connectivity index is 2.97. The Labute approximate surface area is 116 Å². The normalized spacial score (nSPS) is 11.7. The third-order valence-corrected chi connectivity index (χ3v) is 2.85. The van der Waals surface area contributed by atoms with Crippen molar-refractivity contribution in [1.82, 2.24) is 0 Å². The zero-order valence-electron chi connectivity index (χ0n) is 9.86. The second-order valence-electron chi connectivity index (χ2n) is 3.95. The van der Waals surface area contributed by atoms with Gasteiger partial charge in [-0.1, -0.05) is 36.0 Å². The van der Waals surface area contributed by atoms with Gasteiger partial charge in [0.15, 0.2) is 0 Å². The van der Waals surface area contributed by atoms with Gasteiger partial charge in [0.25, 0.3) is 0 Å². The summed E-state index contributed by atoms with van der Waals surface area (Å²) in [7, 11) is 0. The predicted molar refractivity (Wildman–Crippen MR) is 74.3 cm³/mol. The van der Waals surface area contributed by atoms with E-state index < -0.39 is 11.9 Å². The smallest absolute Gasteiger partial charge is 0.308 e. The van der Waals surface area contributed by atoms with Gasteiger partial charge < -0.3 is 10.0 Å². The fraction of sp³-hybridized carbons (Fsp3) is 0.308. The van der Waals surface area contributed by atoms with E-state index in [1.54, 1.807) is 30.0 Å². The summed E-state index contributed by atoms with van der Waals surface area (Å²) in [5.74, 6) is 1.09. The van der Waals surface area contributed by atoms with Gasteiger partial charge in [0.05, 0.1) is 12.5 Å². The van der Waals surface area contributed by atoms with Gasteiger partial charge in [0, 0.05) is 22.3 Å². The number of carboxylic acid groups (broad SMARTS) is 1. The van der Waals surface area contributed by atoms with Crippen molar-refractivity contribution in [3.63, 3.8) is 0 Å². The van der Waals surface area contributed by atoms with Crippen molar-refractivity contribution in [2.24, 2.45) is 5.92 Å². The lowest BCUT2D eigenvalue weighted by atomic mass is 10.1. The first-order valence-electron chi connectivity index (χ1n) is 5.31. The minimum atomic E-state index is -0.870. The number of carboxylic acids is 1. The third-order valence-electron chi connectivity index (χ3n) is 2.41. The van der Waals surface area contributed by atoms with Crippen molar-refractivity contribution < 1.29 is 9.90 Å². The maximum absolute atomic E-state index is 10.9. The van der Waals surface area contributed by atoms with E-state index >= 15 is 0 Å². The summed E-state index contributed by atoms with van der Waals surface area (Å²) >= 11 is 11.8.